The fourth-order valence-electron chi connectivity index (χ4n) is 1.81. The van der Waals surface area contributed by atoms with Crippen LogP contribution in [-0.4, -0.2) is 11.8 Å². The zero-order valence-corrected chi connectivity index (χ0v) is 13.3. The van der Waals surface area contributed by atoms with Crippen LogP contribution in [0.2, 0.25) is 0 Å². The Hall–Kier alpha value is -2.14. The molecule has 0 heterocycles. The number of carbonyl (C=O) groups is 2. The second-order valence-corrected chi connectivity index (χ2v) is 5.62. The molecule has 0 aliphatic carbocycles. The topological polar surface area (TPSA) is 58.2 Å². The first-order chi connectivity index (χ1) is 9.95. The highest BCUT2D eigenvalue weighted by atomic mass is 79.9. The summed E-state index contributed by atoms with van der Waals surface area (Å²) in [5, 5.41) is 5.14. The highest BCUT2D eigenvalue weighted by Crippen LogP contribution is 2.23. The van der Waals surface area contributed by atoms with Crippen molar-refractivity contribution in [3.05, 3.63) is 58.1 Å². The van der Waals surface area contributed by atoms with Crippen molar-refractivity contribution >= 4 is 39.1 Å². The minimum absolute atomic E-state index is 0.560. The van der Waals surface area contributed by atoms with Crippen LogP contribution in [0, 0.1) is 13.8 Å². The Labute approximate surface area is 131 Å². The Morgan fingerprint density at radius 3 is 2.24 bits per heavy atom. The molecular formula is C16H15BrN2O2. The molecule has 0 saturated carbocycles. The van der Waals surface area contributed by atoms with Crippen molar-refractivity contribution in [2.24, 2.45) is 0 Å². The lowest BCUT2D eigenvalue weighted by atomic mass is 10.2. The quantitative estimate of drug-likeness (QED) is 0.815. The number of anilines is 2. The molecule has 0 saturated heterocycles. The van der Waals surface area contributed by atoms with Crippen LogP contribution in [-0.2, 0) is 9.59 Å². The summed E-state index contributed by atoms with van der Waals surface area (Å²) >= 11 is 3.35. The summed E-state index contributed by atoms with van der Waals surface area (Å²) in [7, 11) is 0. The molecule has 2 N–H and O–H groups in total. The van der Waals surface area contributed by atoms with E-state index in [1.54, 1.807) is 18.2 Å². The second-order valence-electron chi connectivity index (χ2n) is 4.76. The molecule has 0 radical (unpaired) electrons. The van der Waals surface area contributed by atoms with Crippen LogP contribution in [0.15, 0.2) is 46.9 Å². The van der Waals surface area contributed by atoms with Gasteiger partial charge in [0.2, 0.25) is 0 Å². The SMILES string of the molecule is Cc1cccc(NC(=O)C(=O)Nc2ccc(C)cc2Br)c1. The second kappa shape index (κ2) is 6.54. The first-order valence-electron chi connectivity index (χ1n) is 6.41. The van der Waals surface area contributed by atoms with E-state index >= 15 is 0 Å². The molecule has 0 unspecified atom stereocenters. The van der Waals surface area contributed by atoms with E-state index in [0.717, 1.165) is 15.6 Å². The van der Waals surface area contributed by atoms with Gasteiger partial charge < -0.3 is 10.6 Å². The standard InChI is InChI=1S/C16H15BrN2O2/c1-10-4-3-5-12(8-10)18-15(20)16(21)19-14-7-6-11(2)9-13(14)17/h3-9H,1-2H3,(H,18,20)(H,19,21). The Morgan fingerprint density at radius 2 is 1.57 bits per heavy atom. The van der Waals surface area contributed by atoms with E-state index in [1.807, 2.05) is 38.1 Å². The van der Waals surface area contributed by atoms with E-state index in [0.29, 0.717) is 11.4 Å². The molecule has 2 aromatic rings. The molecular weight excluding hydrogens is 332 g/mol. The van der Waals surface area contributed by atoms with Crippen molar-refractivity contribution in [1.82, 2.24) is 0 Å². The third kappa shape index (κ3) is 4.16. The molecule has 4 nitrogen and oxygen atoms in total. The zero-order chi connectivity index (χ0) is 15.4. The maximum Gasteiger partial charge on any atom is 0.314 e. The molecule has 0 aliphatic rings. The van der Waals surface area contributed by atoms with E-state index < -0.39 is 11.8 Å². The number of halogens is 1. The summed E-state index contributed by atoms with van der Waals surface area (Å²) < 4.78 is 0.735. The molecule has 0 atom stereocenters. The Bertz CT molecular complexity index is 698. The van der Waals surface area contributed by atoms with Crippen LogP contribution in [0.3, 0.4) is 0 Å². The predicted octanol–water partition coefficient (Wildman–Crippen LogP) is 3.64. The summed E-state index contributed by atoms with van der Waals surface area (Å²) in [5.74, 6) is -1.41. The van der Waals surface area contributed by atoms with Gasteiger partial charge in [0.1, 0.15) is 0 Å². The molecule has 2 amide bonds. The molecule has 0 spiro atoms. The lowest BCUT2D eigenvalue weighted by Crippen LogP contribution is -2.29. The number of aryl methyl sites for hydroxylation is 2. The van der Waals surface area contributed by atoms with Gasteiger partial charge in [0.15, 0.2) is 0 Å². The number of hydrogen-bond donors (Lipinski definition) is 2. The predicted molar refractivity (Wildman–Crippen MR) is 87.3 cm³/mol. The fraction of sp³-hybridized carbons (Fsp3) is 0.125. The summed E-state index contributed by atoms with van der Waals surface area (Å²) in [5.41, 5.74) is 3.22. The van der Waals surface area contributed by atoms with E-state index in [4.69, 9.17) is 0 Å². The molecule has 0 aliphatic heterocycles. The molecule has 5 heteroatoms. The largest absolute Gasteiger partial charge is 0.318 e. The van der Waals surface area contributed by atoms with Gasteiger partial charge in [-0.05, 0) is 65.2 Å². The van der Waals surface area contributed by atoms with Gasteiger partial charge in [0.25, 0.3) is 0 Å². The maximum atomic E-state index is 11.9. The van der Waals surface area contributed by atoms with Crippen molar-refractivity contribution in [3.63, 3.8) is 0 Å². The first-order valence-corrected chi connectivity index (χ1v) is 7.20. The average Bonchev–Trinajstić information content (AvgIpc) is 2.41. The molecule has 21 heavy (non-hydrogen) atoms. The number of rotatable bonds is 2. The molecule has 2 aromatic carbocycles. The highest BCUT2D eigenvalue weighted by molar-refractivity contribution is 9.10. The number of carbonyl (C=O) groups excluding carboxylic acids is 2. The molecule has 0 fully saturated rings. The van der Waals surface area contributed by atoms with Crippen LogP contribution in [0.5, 0.6) is 0 Å². The van der Waals surface area contributed by atoms with Crippen molar-refractivity contribution in [1.29, 1.82) is 0 Å². The van der Waals surface area contributed by atoms with Crippen molar-refractivity contribution < 1.29 is 9.59 Å². The summed E-state index contributed by atoms with van der Waals surface area (Å²) in [6, 6.07) is 12.7. The fourth-order valence-corrected chi connectivity index (χ4v) is 2.40. The molecule has 2 rings (SSSR count). The molecule has 108 valence electrons. The van der Waals surface area contributed by atoms with Crippen LogP contribution in [0.1, 0.15) is 11.1 Å². The highest BCUT2D eigenvalue weighted by Gasteiger charge is 2.15. The lowest BCUT2D eigenvalue weighted by Gasteiger charge is -2.09. The van der Waals surface area contributed by atoms with E-state index in [1.165, 1.54) is 0 Å². The molecule has 0 aromatic heterocycles. The van der Waals surface area contributed by atoms with E-state index in [-0.39, 0.29) is 0 Å². The Kier molecular flexibility index (Phi) is 4.75. The smallest absolute Gasteiger partial charge is 0.314 e. The number of amides is 2. The van der Waals surface area contributed by atoms with Gasteiger partial charge in [-0.2, -0.15) is 0 Å². The van der Waals surface area contributed by atoms with Gasteiger partial charge in [-0.1, -0.05) is 18.2 Å². The number of hydrogen-bond acceptors (Lipinski definition) is 2. The van der Waals surface area contributed by atoms with Crippen LogP contribution in [0.4, 0.5) is 11.4 Å². The molecule has 0 bridgehead atoms. The summed E-state index contributed by atoms with van der Waals surface area (Å²) in [6.45, 7) is 3.86. The lowest BCUT2D eigenvalue weighted by molar-refractivity contribution is -0.133. The van der Waals surface area contributed by atoms with Crippen molar-refractivity contribution in [3.8, 4) is 0 Å². The minimum atomic E-state index is -0.707. The van der Waals surface area contributed by atoms with Gasteiger partial charge in [-0.3, -0.25) is 9.59 Å². The van der Waals surface area contributed by atoms with E-state index in [9.17, 15) is 9.59 Å². The van der Waals surface area contributed by atoms with Crippen molar-refractivity contribution in [2.45, 2.75) is 13.8 Å². The Morgan fingerprint density at radius 1 is 0.905 bits per heavy atom. The minimum Gasteiger partial charge on any atom is -0.318 e. The van der Waals surface area contributed by atoms with Gasteiger partial charge in [-0.25, -0.2) is 0 Å². The summed E-state index contributed by atoms with van der Waals surface area (Å²) in [4.78, 5) is 23.8. The Balaban J connectivity index is 2.04. The zero-order valence-electron chi connectivity index (χ0n) is 11.7. The maximum absolute atomic E-state index is 11.9. The van der Waals surface area contributed by atoms with Gasteiger partial charge in [0.05, 0.1) is 5.69 Å². The third-order valence-electron chi connectivity index (χ3n) is 2.85. The van der Waals surface area contributed by atoms with Gasteiger partial charge in [-0.15, -0.1) is 0 Å². The van der Waals surface area contributed by atoms with Crippen LogP contribution in [0.25, 0.3) is 0 Å². The van der Waals surface area contributed by atoms with E-state index in [2.05, 4.69) is 26.6 Å². The monoisotopic (exact) mass is 346 g/mol. The average molecular weight is 347 g/mol. The third-order valence-corrected chi connectivity index (χ3v) is 3.51. The number of benzene rings is 2. The normalized spacial score (nSPS) is 10.0. The van der Waals surface area contributed by atoms with Crippen LogP contribution < -0.4 is 10.6 Å². The van der Waals surface area contributed by atoms with Crippen LogP contribution >= 0.6 is 15.9 Å². The van der Waals surface area contributed by atoms with Gasteiger partial charge in [0, 0.05) is 10.2 Å². The first kappa shape index (κ1) is 15.3. The van der Waals surface area contributed by atoms with Crippen molar-refractivity contribution in [2.75, 3.05) is 10.6 Å². The summed E-state index contributed by atoms with van der Waals surface area (Å²) in [6.07, 6.45) is 0. The number of nitrogens with one attached hydrogen (secondary N) is 2. The van der Waals surface area contributed by atoms with Gasteiger partial charge >= 0.3 is 11.8 Å².